The van der Waals surface area contributed by atoms with Crippen LogP contribution in [0, 0.1) is 18.8 Å². The molecule has 130 valence electrons. The number of hydrogen-bond acceptors (Lipinski definition) is 4. The lowest BCUT2D eigenvalue weighted by Crippen LogP contribution is -2.32. The van der Waals surface area contributed by atoms with Crippen LogP contribution in [0.25, 0.3) is 0 Å². The number of benzene rings is 1. The smallest absolute Gasteiger partial charge is 0.254 e. The fourth-order valence-electron chi connectivity index (χ4n) is 3.86. The Morgan fingerprint density at radius 2 is 2.08 bits per heavy atom. The molecule has 5 heteroatoms. The molecule has 1 amide bonds. The van der Waals surface area contributed by atoms with Gasteiger partial charge in [-0.05, 0) is 30.7 Å². The van der Waals surface area contributed by atoms with Crippen LogP contribution in [0.3, 0.4) is 0 Å². The van der Waals surface area contributed by atoms with E-state index in [4.69, 9.17) is 4.74 Å². The molecule has 0 bridgehead atoms. The summed E-state index contributed by atoms with van der Waals surface area (Å²) in [6, 6.07) is 13.6. The molecule has 3 atom stereocenters. The predicted molar refractivity (Wildman–Crippen MR) is 96.5 cm³/mol. The van der Waals surface area contributed by atoms with Gasteiger partial charge in [0.1, 0.15) is 5.82 Å². The first kappa shape index (κ1) is 16.1. The zero-order valence-corrected chi connectivity index (χ0v) is 14.4. The highest BCUT2D eigenvalue weighted by atomic mass is 16.5. The van der Waals surface area contributed by atoms with Crippen LogP contribution >= 0.6 is 0 Å². The van der Waals surface area contributed by atoms with E-state index in [0.717, 1.165) is 36.6 Å². The molecule has 5 nitrogen and oxygen atoms in total. The van der Waals surface area contributed by atoms with Crippen molar-refractivity contribution in [2.75, 3.05) is 31.6 Å². The van der Waals surface area contributed by atoms with E-state index < -0.39 is 0 Å². The minimum atomic E-state index is 0.118. The van der Waals surface area contributed by atoms with Crippen molar-refractivity contribution in [3.05, 3.63) is 59.8 Å². The van der Waals surface area contributed by atoms with Gasteiger partial charge in [0.05, 0.1) is 12.7 Å². The summed E-state index contributed by atoms with van der Waals surface area (Å²) in [6.45, 7) is 5.02. The van der Waals surface area contributed by atoms with Gasteiger partial charge in [0.15, 0.2) is 0 Å². The largest absolute Gasteiger partial charge is 0.376 e. The van der Waals surface area contributed by atoms with Crippen molar-refractivity contribution in [3.8, 4) is 0 Å². The fraction of sp³-hybridized carbons (Fsp3) is 0.400. The molecule has 1 aromatic heterocycles. The lowest BCUT2D eigenvalue weighted by atomic mass is 9.93. The van der Waals surface area contributed by atoms with Crippen molar-refractivity contribution in [1.82, 2.24) is 9.88 Å². The van der Waals surface area contributed by atoms with E-state index in [-0.39, 0.29) is 12.0 Å². The number of pyridine rings is 1. The van der Waals surface area contributed by atoms with Crippen LogP contribution in [0.1, 0.15) is 15.9 Å². The number of rotatable bonds is 4. The average molecular weight is 337 g/mol. The molecule has 25 heavy (non-hydrogen) atoms. The molecule has 0 saturated carbocycles. The van der Waals surface area contributed by atoms with Gasteiger partial charge in [-0.2, -0.15) is 0 Å². The molecular weight excluding hydrogens is 314 g/mol. The monoisotopic (exact) mass is 337 g/mol. The second kappa shape index (κ2) is 6.84. The normalized spacial score (nSPS) is 25.0. The van der Waals surface area contributed by atoms with Crippen LogP contribution < -0.4 is 5.32 Å². The number of anilines is 1. The first-order valence-electron chi connectivity index (χ1n) is 8.84. The van der Waals surface area contributed by atoms with Crippen molar-refractivity contribution in [2.45, 2.75) is 13.0 Å². The molecule has 0 radical (unpaired) electrons. The highest BCUT2D eigenvalue weighted by Crippen LogP contribution is 2.34. The van der Waals surface area contributed by atoms with Crippen LogP contribution in [0.15, 0.2) is 48.7 Å². The molecule has 0 spiro atoms. The van der Waals surface area contributed by atoms with Crippen molar-refractivity contribution < 1.29 is 9.53 Å². The van der Waals surface area contributed by atoms with Crippen molar-refractivity contribution in [2.24, 2.45) is 11.8 Å². The van der Waals surface area contributed by atoms with Crippen molar-refractivity contribution in [1.29, 1.82) is 0 Å². The molecule has 2 saturated heterocycles. The summed E-state index contributed by atoms with van der Waals surface area (Å²) < 4.78 is 5.97. The zero-order valence-electron chi connectivity index (χ0n) is 14.4. The number of carbonyl (C=O) groups is 1. The number of nitrogens with zero attached hydrogens (tertiary/aromatic N) is 2. The van der Waals surface area contributed by atoms with Gasteiger partial charge >= 0.3 is 0 Å². The summed E-state index contributed by atoms with van der Waals surface area (Å²) >= 11 is 0. The van der Waals surface area contributed by atoms with Gasteiger partial charge in [0.2, 0.25) is 0 Å². The third-order valence-corrected chi connectivity index (χ3v) is 5.31. The zero-order chi connectivity index (χ0) is 17.2. The maximum Gasteiger partial charge on any atom is 0.254 e. The summed E-state index contributed by atoms with van der Waals surface area (Å²) in [7, 11) is 0. The SMILES string of the molecule is Cc1ccccc1C(=O)N1C[C@@H]2[C@@H](CNc3ccccn3)CO[C@@H]2C1. The Balaban J connectivity index is 1.39. The number of aromatic nitrogens is 1. The third kappa shape index (κ3) is 3.24. The molecule has 2 fully saturated rings. The van der Waals surface area contributed by atoms with Gasteiger partial charge in [-0.3, -0.25) is 4.79 Å². The second-order valence-corrected chi connectivity index (χ2v) is 6.92. The Morgan fingerprint density at radius 1 is 1.24 bits per heavy atom. The summed E-state index contributed by atoms with van der Waals surface area (Å²) in [5.41, 5.74) is 1.82. The lowest BCUT2D eigenvalue weighted by Gasteiger charge is -2.21. The summed E-state index contributed by atoms with van der Waals surface area (Å²) in [5.74, 6) is 1.80. The Bertz CT molecular complexity index is 750. The Hall–Kier alpha value is -2.40. The molecule has 2 aliphatic rings. The Morgan fingerprint density at radius 3 is 2.88 bits per heavy atom. The summed E-state index contributed by atoms with van der Waals surface area (Å²) in [6.07, 6.45) is 1.94. The van der Waals surface area contributed by atoms with Crippen molar-refractivity contribution in [3.63, 3.8) is 0 Å². The number of carbonyl (C=O) groups excluding carboxylic acids is 1. The number of likely N-dealkylation sites (tertiary alicyclic amines) is 1. The molecule has 1 N–H and O–H groups in total. The molecule has 2 aliphatic heterocycles. The number of ether oxygens (including phenoxy) is 1. The number of fused-ring (bicyclic) bond motifs is 1. The van der Waals surface area contributed by atoms with Crippen LogP contribution in [0.5, 0.6) is 0 Å². The van der Waals surface area contributed by atoms with Crippen LogP contribution in [0.4, 0.5) is 5.82 Å². The summed E-state index contributed by atoms with van der Waals surface area (Å²) in [5, 5.41) is 3.39. The van der Waals surface area contributed by atoms with E-state index in [2.05, 4.69) is 10.3 Å². The minimum Gasteiger partial charge on any atom is -0.376 e. The number of nitrogens with one attached hydrogen (secondary N) is 1. The molecule has 0 unspecified atom stereocenters. The van der Waals surface area contributed by atoms with Gasteiger partial charge in [0.25, 0.3) is 5.91 Å². The predicted octanol–water partition coefficient (Wildman–Crippen LogP) is 2.59. The van der Waals surface area contributed by atoms with Crippen molar-refractivity contribution >= 4 is 11.7 Å². The Kier molecular flexibility index (Phi) is 4.40. The molecular formula is C20H23N3O2. The third-order valence-electron chi connectivity index (χ3n) is 5.31. The first-order valence-corrected chi connectivity index (χ1v) is 8.84. The second-order valence-electron chi connectivity index (χ2n) is 6.92. The van der Waals surface area contributed by atoms with Gasteiger partial charge in [-0.1, -0.05) is 24.3 Å². The minimum absolute atomic E-state index is 0.118. The highest BCUT2D eigenvalue weighted by molar-refractivity contribution is 5.95. The fourth-order valence-corrected chi connectivity index (χ4v) is 3.86. The molecule has 0 aliphatic carbocycles. The number of hydrogen-bond donors (Lipinski definition) is 1. The average Bonchev–Trinajstić information content (AvgIpc) is 3.22. The molecule has 4 rings (SSSR count). The summed E-state index contributed by atoms with van der Waals surface area (Å²) in [4.78, 5) is 19.1. The molecule has 1 aromatic carbocycles. The van der Waals surface area contributed by atoms with Gasteiger partial charge < -0.3 is 15.0 Å². The Labute approximate surface area is 148 Å². The topological polar surface area (TPSA) is 54.5 Å². The van der Waals surface area contributed by atoms with Crippen LogP contribution in [-0.4, -0.2) is 48.1 Å². The first-order chi connectivity index (χ1) is 12.2. The van der Waals surface area contributed by atoms with E-state index >= 15 is 0 Å². The highest BCUT2D eigenvalue weighted by Gasteiger charge is 2.45. The molecule has 2 aromatic rings. The standard InChI is InChI=1S/C20H23N3O2/c1-14-6-2-3-7-16(14)20(24)23-11-17-15(13-25-18(17)12-23)10-22-19-8-4-5-9-21-19/h2-9,15,17-18H,10-13H2,1H3,(H,21,22)/t15-,17+,18+/m0/s1. The number of aryl methyl sites for hydroxylation is 1. The van der Waals surface area contributed by atoms with Gasteiger partial charge in [-0.25, -0.2) is 4.98 Å². The van der Waals surface area contributed by atoms with E-state index in [1.54, 1.807) is 6.20 Å². The quantitative estimate of drug-likeness (QED) is 0.932. The maximum absolute atomic E-state index is 12.8. The lowest BCUT2D eigenvalue weighted by molar-refractivity contribution is 0.0679. The van der Waals surface area contributed by atoms with E-state index in [1.165, 1.54) is 0 Å². The van der Waals surface area contributed by atoms with E-state index in [9.17, 15) is 4.79 Å². The van der Waals surface area contributed by atoms with Gasteiger partial charge in [-0.15, -0.1) is 0 Å². The molecule has 3 heterocycles. The van der Waals surface area contributed by atoms with E-state index in [0.29, 0.717) is 18.4 Å². The maximum atomic E-state index is 12.8. The van der Waals surface area contributed by atoms with Gasteiger partial charge in [0, 0.05) is 43.2 Å². The van der Waals surface area contributed by atoms with Crippen LogP contribution in [0.2, 0.25) is 0 Å². The van der Waals surface area contributed by atoms with Crippen LogP contribution in [-0.2, 0) is 4.74 Å². The number of amides is 1. The van der Waals surface area contributed by atoms with E-state index in [1.807, 2.05) is 54.3 Å².